The number of amides is 1. The lowest BCUT2D eigenvalue weighted by Gasteiger charge is -2.34. The van der Waals surface area contributed by atoms with Gasteiger partial charge in [0.15, 0.2) is 0 Å². The summed E-state index contributed by atoms with van der Waals surface area (Å²) in [6, 6.07) is 10.9. The van der Waals surface area contributed by atoms with E-state index >= 15 is 0 Å². The maximum absolute atomic E-state index is 13.6. The summed E-state index contributed by atoms with van der Waals surface area (Å²) in [5, 5.41) is 0.815. The third-order valence-corrected chi connectivity index (χ3v) is 7.22. The molecule has 0 bridgehead atoms. The first-order valence-electron chi connectivity index (χ1n) is 9.38. The van der Waals surface area contributed by atoms with Crippen molar-refractivity contribution >= 4 is 49.0 Å². The average molecular weight is 481 g/mol. The number of benzene rings is 1. The van der Waals surface area contributed by atoms with Crippen LogP contribution in [0.25, 0.3) is 15.8 Å². The molecule has 3 aromatic heterocycles. The molecule has 1 aliphatic rings. The zero-order valence-electron chi connectivity index (χ0n) is 15.7. The number of halogens is 1. The highest BCUT2D eigenvalue weighted by molar-refractivity contribution is 9.10. The predicted molar refractivity (Wildman–Crippen MR) is 120 cm³/mol. The van der Waals surface area contributed by atoms with Crippen LogP contribution < -0.4 is 5.73 Å². The van der Waals surface area contributed by atoms with Crippen molar-refractivity contribution in [2.45, 2.75) is 12.5 Å². The molecule has 4 heterocycles. The Labute approximate surface area is 184 Å². The molecule has 1 amide bonds. The molecule has 0 fully saturated rings. The van der Waals surface area contributed by atoms with Crippen LogP contribution in [0, 0.1) is 0 Å². The Morgan fingerprint density at radius 2 is 2.17 bits per heavy atom. The number of H-pyrrole nitrogens is 1. The summed E-state index contributed by atoms with van der Waals surface area (Å²) in [7, 11) is 0. The fraction of sp³-hybridized carbons (Fsp3) is 0.143. The van der Waals surface area contributed by atoms with E-state index in [2.05, 4.69) is 30.9 Å². The fourth-order valence-electron chi connectivity index (χ4n) is 3.74. The van der Waals surface area contributed by atoms with Gasteiger partial charge in [0, 0.05) is 35.5 Å². The number of aromatic nitrogens is 4. The van der Waals surface area contributed by atoms with Gasteiger partial charge < -0.3 is 15.6 Å². The lowest BCUT2D eigenvalue weighted by Crippen LogP contribution is -2.41. The molecule has 9 heteroatoms. The average Bonchev–Trinajstić information content (AvgIpc) is 3.42. The number of fused-ring (bicyclic) bond motifs is 2. The summed E-state index contributed by atoms with van der Waals surface area (Å²) in [4.78, 5) is 32.3. The number of imidazole rings is 1. The highest BCUT2D eigenvalue weighted by atomic mass is 79.9. The summed E-state index contributed by atoms with van der Waals surface area (Å²) in [5.41, 5.74) is 9.51. The zero-order chi connectivity index (χ0) is 20.7. The first-order valence-corrected chi connectivity index (χ1v) is 11.0. The minimum absolute atomic E-state index is 0.187. The molecule has 4 aromatic rings. The molecular formula is C21H17BrN6OS. The molecule has 1 aliphatic heterocycles. The SMILES string of the molecule is NC=C(C(=O)N1CCc2[nH]cnc2[C@H]1c1nc2cccc(Br)c2s1)c1ccccn1. The van der Waals surface area contributed by atoms with Crippen LogP contribution in [0.2, 0.25) is 0 Å². The number of nitrogens with zero attached hydrogens (tertiary/aromatic N) is 4. The molecule has 1 aromatic carbocycles. The van der Waals surface area contributed by atoms with Crippen molar-refractivity contribution in [1.29, 1.82) is 0 Å². The summed E-state index contributed by atoms with van der Waals surface area (Å²) in [6.45, 7) is 0.528. The Hall–Kier alpha value is -3.04. The zero-order valence-corrected chi connectivity index (χ0v) is 18.2. The van der Waals surface area contributed by atoms with Gasteiger partial charge in [-0.2, -0.15) is 0 Å². The van der Waals surface area contributed by atoms with Crippen molar-refractivity contribution in [1.82, 2.24) is 24.8 Å². The summed E-state index contributed by atoms with van der Waals surface area (Å²) < 4.78 is 2.03. The van der Waals surface area contributed by atoms with Gasteiger partial charge in [-0.15, -0.1) is 11.3 Å². The molecule has 150 valence electrons. The second kappa shape index (κ2) is 7.66. The van der Waals surface area contributed by atoms with Crippen LogP contribution in [0.15, 0.2) is 59.6 Å². The molecule has 0 radical (unpaired) electrons. The van der Waals surface area contributed by atoms with E-state index in [-0.39, 0.29) is 5.91 Å². The van der Waals surface area contributed by atoms with Gasteiger partial charge in [-0.25, -0.2) is 9.97 Å². The number of rotatable bonds is 3. The number of hydrogen-bond acceptors (Lipinski definition) is 6. The van der Waals surface area contributed by atoms with Gasteiger partial charge in [0.1, 0.15) is 11.0 Å². The van der Waals surface area contributed by atoms with Crippen molar-refractivity contribution in [2.75, 3.05) is 6.54 Å². The molecule has 0 spiro atoms. The lowest BCUT2D eigenvalue weighted by atomic mass is 10.0. The van der Waals surface area contributed by atoms with Gasteiger partial charge >= 0.3 is 0 Å². The normalized spacial score (nSPS) is 16.6. The minimum Gasteiger partial charge on any atom is -0.404 e. The Balaban J connectivity index is 1.62. The van der Waals surface area contributed by atoms with Crippen LogP contribution >= 0.6 is 27.3 Å². The maximum atomic E-state index is 13.6. The largest absolute Gasteiger partial charge is 0.404 e. The third kappa shape index (κ3) is 3.10. The van der Waals surface area contributed by atoms with Crippen LogP contribution in [-0.2, 0) is 11.2 Å². The topological polar surface area (TPSA) is 101 Å². The highest BCUT2D eigenvalue weighted by Gasteiger charge is 2.37. The molecule has 30 heavy (non-hydrogen) atoms. The Morgan fingerprint density at radius 1 is 1.27 bits per heavy atom. The molecule has 0 aliphatic carbocycles. The Kier molecular flexibility index (Phi) is 4.84. The molecule has 1 atom stereocenters. The number of carbonyl (C=O) groups excluding carboxylic acids is 1. The van der Waals surface area contributed by atoms with E-state index in [4.69, 9.17) is 10.7 Å². The number of carbonyl (C=O) groups is 1. The van der Waals surface area contributed by atoms with E-state index in [1.54, 1.807) is 40.9 Å². The van der Waals surface area contributed by atoms with Crippen LogP contribution in [0.4, 0.5) is 0 Å². The van der Waals surface area contributed by atoms with Crippen LogP contribution in [0.5, 0.6) is 0 Å². The van der Waals surface area contributed by atoms with E-state index < -0.39 is 6.04 Å². The van der Waals surface area contributed by atoms with Crippen LogP contribution in [0.1, 0.15) is 28.1 Å². The van der Waals surface area contributed by atoms with E-state index in [1.165, 1.54) is 6.20 Å². The third-order valence-electron chi connectivity index (χ3n) is 5.14. The van der Waals surface area contributed by atoms with E-state index in [1.807, 2.05) is 24.3 Å². The predicted octanol–water partition coefficient (Wildman–Crippen LogP) is 3.65. The van der Waals surface area contributed by atoms with Crippen LogP contribution in [0.3, 0.4) is 0 Å². The highest BCUT2D eigenvalue weighted by Crippen LogP contribution is 2.40. The smallest absolute Gasteiger partial charge is 0.258 e. The number of pyridine rings is 1. The van der Waals surface area contributed by atoms with Gasteiger partial charge in [-0.05, 0) is 40.2 Å². The second-order valence-corrected chi connectivity index (χ2v) is 8.74. The van der Waals surface area contributed by atoms with E-state index in [0.717, 1.165) is 31.1 Å². The van der Waals surface area contributed by atoms with Gasteiger partial charge in [0.05, 0.1) is 33.5 Å². The Bertz CT molecular complexity index is 1260. The van der Waals surface area contributed by atoms with E-state index in [0.29, 0.717) is 24.2 Å². The lowest BCUT2D eigenvalue weighted by molar-refractivity contribution is -0.127. The number of nitrogens with two attached hydrogens (primary N) is 1. The van der Waals surface area contributed by atoms with Crippen molar-refractivity contribution < 1.29 is 4.79 Å². The molecule has 5 rings (SSSR count). The summed E-state index contributed by atoms with van der Waals surface area (Å²) >= 11 is 5.16. The van der Waals surface area contributed by atoms with Crippen molar-refractivity contribution in [3.8, 4) is 0 Å². The first-order chi connectivity index (χ1) is 14.7. The minimum atomic E-state index is -0.393. The number of aromatic amines is 1. The van der Waals surface area contributed by atoms with Crippen molar-refractivity contribution in [3.05, 3.63) is 81.7 Å². The van der Waals surface area contributed by atoms with Crippen LogP contribution in [-0.4, -0.2) is 37.3 Å². The summed E-state index contributed by atoms with van der Waals surface area (Å²) in [6.07, 6.45) is 5.34. The first kappa shape index (κ1) is 19.0. The van der Waals surface area contributed by atoms with Gasteiger partial charge in [-0.1, -0.05) is 12.1 Å². The van der Waals surface area contributed by atoms with Gasteiger partial charge in [0.2, 0.25) is 0 Å². The quantitative estimate of drug-likeness (QED) is 0.435. The van der Waals surface area contributed by atoms with Crippen molar-refractivity contribution in [3.63, 3.8) is 0 Å². The monoisotopic (exact) mass is 480 g/mol. The molecule has 0 saturated heterocycles. The number of nitrogens with one attached hydrogen (secondary N) is 1. The second-order valence-electron chi connectivity index (χ2n) is 6.85. The fourth-order valence-corrected chi connectivity index (χ4v) is 5.42. The van der Waals surface area contributed by atoms with Crippen molar-refractivity contribution in [2.24, 2.45) is 5.73 Å². The molecule has 7 nitrogen and oxygen atoms in total. The van der Waals surface area contributed by atoms with E-state index in [9.17, 15) is 4.79 Å². The Morgan fingerprint density at radius 3 is 2.93 bits per heavy atom. The van der Waals surface area contributed by atoms with Gasteiger partial charge in [-0.3, -0.25) is 9.78 Å². The van der Waals surface area contributed by atoms with Gasteiger partial charge in [0.25, 0.3) is 5.91 Å². The maximum Gasteiger partial charge on any atom is 0.258 e. The number of hydrogen-bond donors (Lipinski definition) is 2. The standard InChI is InChI=1S/C21H17BrN6OS/c22-13-4-3-6-16-19(13)30-20(27-16)18-17-15(25-11-26-17)7-9-28(18)21(29)12(10-23)14-5-1-2-8-24-14/h1-6,8,10-11,18H,7,9,23H2,(H,25,26)/t18-/m0/s1. The molecule has 0 unspecified atom stereocenters. The summed E-state index contributed by atoms with van der Waals surface area (Å²) in [5.74, 6) is -0.187. The number of thiazole rings is 1. The molecule has 0 saturated carbocycles. The molecular weight excluding hydrogens is 464 g/mol. The molecule has 3 N–H and O–H groups in total.